The number of hydrogen-bond acceptors (Lipinski definition) is 3. The summed E-state index contributed by atoms with van der Waals surface area (Å²) in [6, 6.07) is 13.0. The molecule has 0 spiro atoms. The Balaban J connectivity index is 2.31. The van der Waals surface area contributed by atoms with Crippen molar-refractivity contribution < 1.29 is 18.3 Å². The molecule has 23 heavy (non-hydrogen) atoms. The standard InChI is InChI=1S/C16H16ClNO4S/c1-11(2)18(16(19)20)14-7-3-12(4-8-14)13-5-9-15(10-6-13)23(17,21)22/h3-11H,1-2H3,(H,19,20). The van der Waals surface area contributed by atoms with E-state index < -0.39 is 15.1 Å². The molecular formula is C16H16ClNO4S. The second-order valence-electron chi connectivity index (χ2n) is 5.26. The maximum Gasteiger partial charge on any atom is 0.412 e. The highest BCUT2D eigenvalue weighted by Gasteiger charge is 2.17. The van der Waals surface area contributed by atoms with Crippen LogP contribution in [0, 0.1) is 0 Å². The fourth-order valence-corrected chi connectivity index (χ4v) is 3.02. The highest BCUT2D eigenvalue weighted by Crippen LogP contribution is 2.26. The van der Waals surface area contributed by atoms with E-state index in [1.165, 1.54) is 17.0 Å². The van der Waals surface area contributed by atoms with Crippen LogP contribution in [-0.2, 0) is 9.05 Å². The first kappa shape index (κ1) is 17.3. The molecule has 0 aliphatic carbocycles. The molecule has 0 saturated carbocycles. The zero-order chi connectivity index (χ0) is 17.2. The number of amides is 1. The molecule has 122 valence electrons. The van der Waals surface area contributed by atoms with Crippen LogP contribution in [0.1, 0.15) is 13.8 Å². The van der Waals surface area contributed by atoms with Crippen LogP contribution in [0.2, 0.25) is 0 Å². The molecule has 0 heterocycles. The van der Waals surface area contributed by atoms with Gasteiger partial charge in [-0.25, -0.2) is 13.2 Å². The molecule has 2 aromatic rings. The van der Waals surface area contributed by atoms with E-state index in [0.717, 1.165) is 11.1 Å². The first-order valence-electron chi connectivity index (χ1n) is 6.87. The summed E-state index contributed by atoms with van der Waals surface area (Å²) >= 11 is 0. The summed E-state index contributed by atoms with van der Waals surface area (Å²) in [5.74, 6) is 0. The van der Waals surface area contributed by atoms with Crippen LogP contribution in [0.5, 0.6) is 0 Å². The SMILES string of the molecule is CC(C)N(C(=O)O)c1ccc(-c2ccc(S(=O)(=O)Cl)cc2)cc1. The molecule has 0 radical (unpaired) electrons. The minimum absolute atomic E-state index is 0.0383. The van der Waals surface area contributed by atoms with Gasteiger partial charge in [-0.3, -0.25) is 4.90 Å². The maximum atomic E-state index is 11.3. The van der Waals surface area contributed by atoms with Gasteiger partial charge >= 0.3 is 6.09 Å². The molecule has 5 nitrogen and oxygen atoms in total. The van der Waals surface area contributed by atoms with Gasteiger partial charge in [0.05, 0.1) is 4.90 Å². The summed E-state index contributed by atoms with van der Waals surface area (Å²) in [7, 11) is 1.54. The molecule has 0 aromatic heterocycles. The Hall–Kier alpha value is -2.05. The first-order valence-corrected chi connectivity index (χ1v) is 9.18. The molecule has 1 N–H and O–H groups in total. The molecule has 0 unspecified atom stereocenters. The zero-order valence-corrected chi connectivity index (χ0v) is 14.2. The van der Waals surface area contributed by atoms with Gasteiger partial charge in [-0.05, 0) is 49.2 Å². The van der Waals surface area contributed by atoms with Gasteiger partial charge in [-0.2, -0.15) is 0 Å². The lowest BCUT2D eigenvalue weighted by Crippen LogP contribution is -2.35. The number of rotatable bonds is 4. The summed E-state index contributed by atoms with van der Waals surface area (Å²) in [4.78, 5) is 12.6. The third-order valence-corrected chi connectivity index (χ3v) is 4.71. The van der Waals surface area contributed by atoms with Gasteiger partial charge in [0.15, 0.2) is 0 Å². The lowest BCUT2D eigenvalue weighted by Gasteiger charge is -2.23. The van der Waals surface area contributed by atoms with Crippen LogP contribution >= 0.6 is 10.7 Å². The highest BCUT2D eigenvalue weighted by atomic mass is 35.7. The molecule has 0 atom stereocenters. The number of benzene rings is 2. The number of carboxylic acid groups (broad SMARTS) is 1. The van der Waals surface area contributed by atoms with Gasteiger partial charge in [-0.15, -0.1) is 0 Å². The number of hydrogen-bond donors (Lipinski definition) is 1. The number of nitrogens with zero attached hydrogens (tertiary/aromatic N) is 1. The molecule has 0 aliphatic heterocycles. The number of anilines is 1. The van der Waals surface area contributed by atoms with Gasteiger partial charge in [0, 0.05) is 22.4 Å². The van der Waals surface area contributed by atoms with Gasteiger partial charge in [0.25, 0.3) is 9.05 Å². The lowest BCUT2D eigenvalue weighted by molar-refractivity contribution is 0.200. The Morgan fingerprint density at radius 3 is 1.78 bits per heavy atom. The fraction of sp³-hybridized carbons (Fsp3) is 0.188. The van der Waals surface area contributed by atoms with Gasteiger partial charge < -0.3 is 5.11 Å². The van der Waals surface area contributed by atoms with Crippen LogP contribution in [0.3, 0.4) is 0 Å². The minimum Gasteiger partial charge on any atom is -0.465 e. The van der Waals surface area contributed by atoms with Crippen molar-refractivity contribution in [3.63, 3.8) is 0 Å². The van der Waals surface area contributed by atoms with Crippen molar-refractivity contribution in [1.29, 1.82) is 0 Å². The van der Waals surface area contributed by atoms with E-state index >= 15 is 0 Å². The van der Waals surface area contributed by atoms with E-state index in [9.17, 15) is 18.3 Å². The number of carbonyl (C=O) groups is 1. The van der Waals surface area contributed by atoms with Gasteiger partial charge in [0.2, 0.25) is 0 Å². The van der Waals surface area contributed by atoms with E-state index in [1.807, 2.05) is 0 Å². The van der Waals surface area contributed by atoms with Crippen molar-refractivity contribution in [3.8, 4) is 11.1 Å². The summed E-state index contributed by atoms with van der Waals surface area (Å²) in [5.41, 5.74) is 2.24. The summed E-state index contributed by atoms with van der Waals surface area (Å²) < 4.78 is 22.5. The van der Waals surface area contributed by atoms with E-state index in [2.05, 4.69) is 0 Å². The van der Waals surface area contributed by atoms with E-state index in [0.29, 0.717) is 5.69 Å². The Kier molecular flexibility index (Phi) is 4.97. The Bertz CT molecular complexity index is 799. The van der Waals surface area contributed by atoms with Crippen molar-refractivity contribution in [2.75, 3.05) is 4.90 Å². The quantitative estimate of drug-likeness (QED) is 0.837. The van der Waals surface area contributed by atoms with Crippen molar-refractivity contribution in [2.45, 2.75) is 24.8 Å². The Labute approximate surface area is 139 Å². The third kappa shape index (κ3) is 4.03. The predicted molar refractivity (Wildman–Crippen MR) is 90.6 cm³/mol. The average molecular weight is 354 g/mol. The normalized spacial score (nSPS) is 11.5. The molecule has 0 aliphatic rings. The fourth-order valence-electron chi connectivity index (χ4n) is 2.25. The van der Waals surface area contributed by atoms with Crippen LogP contribution < -0.4 is 4.90 Å². The lowest BCUT2D eigenvalue weighted by atomic mass is 10.1. The monoisotopic (exact) mass is 353 g/mol. The predicted octanol–water partition coefficient (Wildman–Crippen LogP) is 4.17. The first-order chi connectivity index (χ1) is 10.7. The molecule has 7 heteroatoms. The summed E-state index contributed by atoms with van der Waals surface area (Å²) in [5, 5.41) is 9.25. The van der Waals surface area contributed by atoms with Gasteiger partial charge in [0.1, 0.15) is 0 Å². The molecular weight excluding hydrogens is 338 g/mol. The molecule has 0 bridgehead atoms. The van der Waals surface area contributed by atoms with Gasteiger partial charge in [-0.1, -0.05) is 24.3 Å². The summed E-state index contributed by atoms with van der Waals surface area (Å²) in [6.45, 7) is 3.60. The van der Waals surface area contributed by atoms with Crippen molar-refractivity contribution in [2.24, 2.45) is 0 Å². The van der Waals surface area contributed by atoms with Crippen molar-refractivity contribution >= 4 is 31.5 Å². The molecule has 0 saturated heterocycles. The van der Waals surface area contributed by atoms with Crippen LogP contribution in [0.4, 0.5) is 10.5 Å². The van der Waals surface area contributed by atoms with Crippen LogP contribution in [0.25, 0.3) is 11.1 Å². The Morgan fingerprint density at radius 2 is 1.43 bits per heavy atom. The molecule has 1 amide bonds. The second kappa shape index (κ2) is 6.60. The highest BCUT2D eigenvalue weighted by molar-refractivity contribution is 8.13. The topological polar surface area (TPSA) is 74.7 Å². The van der Waals surface area contributed by atoms with Crippen molar-refractivity contribution in [3.05, 3.63) is 48.5 Å². The van der Waals surface area contributed by atoms with E-state index in [1.54, 1.807) is 50.2 Å². The zero-order valence-electron chi connectivity index (χ0n) is 12.6. The smallest absolute Gasteiger partial charge is 0.412 e. The maximum absolute atomic E-state index is 11.3. The molecule has 0 fully saturated rings. The van der Waals surface area contributed by atoms with Crippen LogP contribution in [-0.4, -0.2) is 25.7 Å². The average Bonchev–Trinajstić information content (AvgIpc) is 2.46. The van der Waals surface area contributed by atoms with Crippen molar-refractivity contribution in [1.82, 2.24) is 0 Å². The van der Waals surface area contributed by atoms with E-state index in [4.69, 9.17) is 10.7 Å². The Morgan fingerprint density at radius 1 is 1.00 bits per heavy atom. The molecule has 2 rings (SSSR count). The molecule has 2 aromatic carbocycles. The minimum atomic E-state index is -3.74. The van der Waals surface area contributed by atoms with Crippen LogP contribution in [0.15, 0.2) is 53.4 Å². The summed E-state index contributed by atoms with van der Waals surface area (Å²) in [6.07, 6.45) is -1.01. The van der Waals surface area contributed by atoms with E-state index in [-0.39, 0.29) is 10.9 Å². The second-order valence-corrected chi connectivity index (χ2v) is 7.82. The third-order valence-electron chi connectivity index (χ3n) is 3.34. The largest absolute Gasteiger partial charge is 0.465 e. The number of halogens is 1.